The third-order valence-corrected chi connectivity index (χ3v) is 4.77. The fourth-order valence-corrected chi connectivity index (χ4v) is 3.16. The maximum atomic E-state index is 5.88. The zero-order valence-electron chi connectivity index (χ0n) is 10.6. The molecule has 0 radical (unpaired) electrons. The highest BCUT2D eigenvalue weighted by Crippen LogP contribution is 2.44. The number of benzene rings is 2. The largest absolute Gasteiger partial charge is 0.378 e. The van der Waals surface area contributed by atoms with Gasteiger partial charge in [-0.2, -0.15) is 0 Å². The molecule has 0 bridgehead atoms. The molecule has 19 heavy (non-hydrogen) atoms. The predicted molar refractivity (Wildman–Crippen MR) is 80.6 cm³/mol. The molecular weight excluding hydrogens is 302 g/mol. The van der Waals surface area contributed by atoms with Crippen molar-refractivity contribution in [1.82, 2.24) is 0 Å². The highest BCUT2D eigenvalue weighted by Gasteiger charge is 2.49. The first-order valence-corrected chi connectivity index (χ1v) is 7.14. The summed E-state index contributed by atoms with van der Waals surface area (Å²) in [6.07, 6.45) is 0. The fraction of sp³-hybridized carbons (Fsp3) is 0.188. The third-order valence-electron chi connectivity index (χ3n) is 3.46. The van der Waals surface area contributed by atoms with E-state index >= 15 is 0 Å². The Morgan fingerprint density at radius 3 is 1.79 bits per heavy atom. The second-order valence-corrected chi connectivity index (χ2v) is 5.57. The van der Waals surface area contributed by atoms with Crippen molar-refractivity contribution in [2.24, 2.45) is 5.16 Å². The first-order chi connectivity index (χ1) is 9.25. The molecule has 3 rings (SSSR count). The van der Waals surface area contributed by atoms with E-state index in [0.717, 1.165) is 16.8 Å². The average Bonchev–Trinajstić information content (AvgIpc) is 2.78. The molecule has 1 aliphatic heterocycles. The predicted octanol–water partition coefficient (Wildman–Crippen LogP) is 4.10. The lowest BCUT2D eigenvalue weighted by Gasteiger charge is -2.31. The van der Waals surface area contributed by atoms with Crippen LogP contribution in [0.3, 0.4) is 0 Å². The van der Waals surface area contributed by atoms with Crippen LogP contribution >= 0.6 is 15.9 Å². The van der Waals surface area contributed by atoms with Gasteiger partial charge in [-0.05, 0) is 6.92 Å². The highest BCUT2D eigenvalue weighted by atomic mass is 79.9. The molecule has 2 aromatic rings. The maximum Gasteiger partial charge on any atom is 0.205 e. The lowest BCUT2D eigenvalue weighted by atomic mass is 9.82. The van der Waals surface area contributed by atoms with Crippen LogP contribution in [-0.4, -0.2) is 10.5 Å². The summed E-state index contributed by atoms with van der Waals surface area (Å²) in [6.45, 7) is 1.98. The van der Waals surface area contributed by atoms with Gasteiger partial charge < -0.3 is 4.84 Å². The number of hydrogen-bond donors (Lipinski definition) is 0. The molecule has 3 heteroatoms. The first-order valence-electron chi connectivity index (χ1n) is 6.23. The molecule has 1 atom stereocenters. The topological polar surface area (TPSA) is 21.6 Å². The Morgan fingerprint density at radius 1 is 0.947 bits per heavy atom. The lowest BCUT2D eigenvalue weighted by molar-refractivity contribution is 0.0154. The van der Waals surface area contributed by atoms with Crippen molar-refractivity contribution >= 4 is 21.6 Å². The summed E-state index contributed by atoms with van der Waals surface area (Å²) in [5.41, 5.74) is 2.58. The minimum absolute atomic E-state index is 0.0322. The van der Waals surface area contributed by atoms with Gasteiger partial charge in [-0.1, -0.05) is 81.7 Å². The van der Waals surface area contributed by atoms with Crippen molar-refractivity contribution in [1.29, 1.82) is 0 Å². The zero-order valence-corrected chi connectivity index (χ0v) is 12.2. The number of rotatable bonds is 2. The van der Waals surface area contributed by atoms with Crippen molar-refractivity contribution in [3.05, 3.63) is 71.8 Å². The second kappa shape index (κ2) is 4.82. The van der Waals surface area contributed by atoms with E-state index in [1.165, 1.54) is 0 Å². The molecule has 0 spiro atoms. The van der Waals surface area contributed by atoms with E-state index in [-0.39, 0.29) is 4.83 Å². The molecule has 2 aromatic carbocycles. The first kappa shape index (κ1) is 12.4. The van der Waals surface area contributed by atoms with Crippen LogP contribution in [0.1, 0.15) is 18.1 Å². The average molecular weight is 316 g/mol. The smallest absolute Gasteiger partial charge is 0.205 e. The second-order valence-electron chi connectivity index (χ2n) is 4.65. The van der Waals surface area contributed by atoms with Gasteiger partial charge >= 0.3 is 0 Å². The monoisotopic (exact) mass is 315 g/mol. The molecule has 1 heterocycles. The number of nitrogens with zero attached hydrogens (tertiary/aromatic N) is 1. The van der Waals surface area contributed by atoms with Gasteiger partial charge in [-0.15, -0.1) is 0 Å². The quantitative estimate of drug-likeness (QED) is 0.765. The van der Waals surface area contributed by atoms with Crippen molar-refractivity contribution in [2.75, 3.05) is 0 Å². The number of alkyl halides is 1. The zero-order chi connectivity index (χ0) is 13.3. The van der Waals surface area contributed by atoms with Crippen molar-refractivity contribution in [2.45, 2.75) is 17.4 Å². The normalized spacial score (nSPS) is 20.7. The van der Waals surface area contributed by atoms with E-state index in [1.54, 1.807) is 0 Å². The molecule has 0 aliphatic carbocycles. The third kappa shape index (κ3) is 1.89. The SMILES string of the molecule is CC1=NOC(c2ccccc2)(c2ccccc2)C1Br. The summed E-state index contributed by atoms with van der Waals surface area (Å²) in [5, 5.41) is 4.19. The van der Waals surface area contributed by atoms with Crippen molar-refractivity contribution < 1.29 is 4.84 Å². The van der Waals surface area contributed by atoms with E-state index in [1.807, 2.05) is 43.3 Å². The summed E-state index contributed by atoms with van der Waals surface area (Å²) in [5.74, 6) is 0. The van der Waals surface area contributed by atoms with Gasteiger partial charge in [0, 0.05) is 11.1 Å². The Morgan fingerprint density at radius 2 is 1.42 bits per heavy atom. The lowest BCUT2D eigenvalue weighted by Crippen LogP contribution is -2.37. The van der Waals surface area contributed by atoms with Gasteiger partial charge in [-0.25, -0.2) is 0 Å². The van der Waals surface area contributed by atoms with E-state index in [9.17, 15) is 0 Å². The molecule has 0 aromatic heterocycles. The van der Waals surface area contributed by atoms with Gasteiger partial charge in [0.15, 0.2) is 0 Å². The molecule has 1 aliphatic rings. The van der Waals surface area contributed by atoms with Crippen LogP contribution in [0.25, 0.3) is 0 Å². The minimum Gasteiger partial charge on any atom is -0.378 e. The number of hydrogen-bond acceptors (Lipinski definition) is 2. The summed E-state index contributed by atoms with van der Waals surface area (Å²) in [7, 11) is 0. The number of halogens is 1. The van der Waals surface area contributed by atoms with Gasteiger partial charge in [0.1, 0.15) is 4.83 Å². The molecule has 1 unspecified atom stereocenters. The van der Waals surface area contributed by atoms with E-state index < -0.39 is 5.60 Å². The van der Waals surface area contributed by atoms with E-state index in [0.29, 0.717) is 0 Å². The van der Waals surface area contributed by atoms with Crippen LogP contribution in [-0.2, 0) is 10.4 Å². The summed E-state index contributed by atoms with van der Waals surface area (Å²) >= 11 is 3.74. The van der Waals surface area contributed by atoms with Gasteiger partial charge in [0.05, 0.1) is 5.71 Å². The summed E-state index contributed by atoms with van der Waals surface area (Å²) < 4.78 is 0. The molecule has 0 amide bonds. The van der Waals surface area contributed by atoms with Crippen LogP contribution in [0.2, 0.25) is 0 Å². The molecule has 2 nitrogen and oxygen atoms in total. The van der Waals surface area contributed by atoms with E-state index in [4.69, 9.17) is 4.84 Å². The van der Waals surface area contributed by atoms with Gasteiger partial charge in [0.2, 0.25) is 5.60 Å². The molecule has 0 saturated heterocycles. The van der Waals surface area contributed by atoms with Gasteiger partial charge in [0.25, 0.3) is 0 Å². The standard InChI is InChI=1S/C16H14BrNO/c1-12-15(17)16(19-18-12,13-8-4-2-5-9-13)14-10-6-3-7-11-14/h2-11,15H,1H3. The van der Waals surface area contributed by atoms with Crippen LogP contribution in [0.4, 0.5) is 0 Å². The van der Waals surface area contributed by atoms with Crippen LogP contribution in [0.5, 0.6) is 0 Å². The molecule has 0 fully saturated rings. The van der Waals surface area contributed by atoms with Crippen LogP contribution < -0.4 is 0 Å². The van der Waals surface area contributed by atoms with Crippen LogP contribution in [0, 0.1) is 0 Å². The fourth-order valence-electron chi connectivity index (χ4n) is 2.47. The van der Waals surface area contributed by atoms with E-state index in [2.05, 4.69) is 45.4 Å². The Bertz CT molecular complexity index is 555. The van der Waals surface area contributed by atoms with Crippen molar-refractivity contribution in [3.8, 4) is 0 Å². The number of oxime groups is 1. The summed E-state index contributed by atoms with van der Waals surface area (Å²) in [6, 6.07) is 20.4. The Labute approximate surface area is 121 Å². The molecule has 0 saturated carbocycles. The maximum absolute atomic E-state index is 5.88. The van der Waals surface area contributed by atoms with Gasteiger partial charge in [-0.3, -0.25) is 0 Å². The molecule has 0 N–H and O–H groups in total. The highest BCUT2D eigenvalue weighted by molar-refractivity contribution is 9.10. The van der Waals surface area contributed by atoms with Crippen molar-refractivity contribution in [3.63, 3.8) is 0 Å². The summed E-state index contributed by atoms with van der Waals surface area (Å²) in [4.78, 5) is 5.91. The Balaban J connectivity index is 2.19. The van der Waals surface area contributed by atoms with Crippen LogP contribution in [0.15, 0.2) is 65.8 Å². The molecular formula is C16H14BrNO. The minimum atomic E-state index is -0.577. The molecule has 96 valence electrons. The Hall–Kier alpha value is -1.61. The Kier molecular flexibility index (Phi) is 3.15.